The van der Waals surface area contributed by atoms with Crippen LogP contribution < -0.4 is 4.90 Å². The van der Waals surface area contributed by atoms with Gasteiger partial charge in [-0.2, -0.15) is 15.0 Å². The molecule has 0 bridgehead atoms. The van der Waals surface area contributed by atoms with Crippen LogP contribution in [0.5, 0.6) is 0 Å². The van der Waals surface area contributed by atoms with Crippen LogP contribution in [0.15, 0.2) is 10.3 Å². The summed E-state index contributed by atoms with van der Waals surface area (Å²) in [5.74, 6) is 1.48. The molecule has 20 heavy (non-hydrogen) atoms. The zero-order chi connectivity index (χ0) is 14.1. The van der Waals surface area contributed by atoms with E-state index in [0.29, 0.717) is 11.1 Å². The molecule has 1 saturated heterocycles. The van der Waals surface area contributed by atoms with Crippen LogP contribution in [-0.4, -0.2) is 42.8 Å². The van der Waals surface area contributed by atoms with Gasteiger partial charge in [0, 0.05) is 20.1 Å². The number of aromatic nitrogens is 6. The molecule has 1 aliphatic rings. The fraction of sp³-hybridized carbons (Fsp3) is 0.545. The van der Waals surface area contributed by atoms with Crippen molar-refractivity contribution < 1.29 is 0 Å². The molecule has 0 aliphatic carbocycles. The number of anilines is 1. The number of rotatable bonds is 3. The highest BCUT2D eigenvalue weighted by molar-refractivity contribution is 7.99. The Morgan fingerprint density at radius 1 is 1.10 bits per heavy atom. The van der Waals surface area contributed by atoms with Crippen LogP contribution in [-0.2, 0) is 7.05 Å². The van der Waals surface area contributed by atoms with Crippen LogP contribution in [0.4, 0.5) is 5.95 Å². The first-order valence-corrected chi connectivity index (χ1v) is 7.53. The standard InChI is InChI=1S/C11H14ClN7S/c1-7-16-17-11(18(7)2)20-10-14-8(12)13-9(15-10)19-5-3-4-6-19/h3-6H2,1-2H3. The van der Waals surface area contributed by atoms with E-state index in [-0.39, 0.29) is 5.28 Å². The maximum absolute atomic E-state index is 5.99. The molecule has 0 aromatic carbocycles. The summed E-state index contributed by atoms with van der Waals surface area (Å²) < 4.78 is 1.89. The Kier molecular flexibility index (Phi) is 3.75. The number of aryl methyl sites for hydroxylation is 1. The van der Waals surface area contributed by atoms with Crippen molar-refractivity contribution in [3.8, 4) is 0 Å². The van der Waals surface area contributed by atoms with Gasteiger partial charge in [0.1, 0.15) is 5.82 Å². The van der Waals surface area contributed by atoms with Crippen molar-refractivity contribution in [1.29, 1.82) is 0 Å². The topological polar surface area (TPSA) is 72.6 Å². The Hall–Kier alpha value is -1.41. The van der Waals surface area contributed by atoms with E-state index in [0.717, 1.165) is 36.9 Å². The normalized spacial score (nSPS) is 15.1. The second-order valence-corrected chi connectivity index (χ2v) is 5.84. The van der Waals surface area contributed by atoms with Crippen LogP contribution >= 0.6 is 23.4 Å². The minimum Gasteiger partial charge on any atom is -0.341 e. The lowest BCUT2D eigenvalue weighted by Crippen LogP contribution is -2.21. The first-order chi connectivity index (χ1) is 9.63. The Bertz CT molecular complexity index is 623. The lowest BCUT2D eigenvalue weighted by atomic mass is 10.4. The molecule has 0 unspecified atom stereocenters. The first kappa shape index (κ1) is 13.6. The predicted molar refractivity (Wildman–Crippen MR) is 76.1 cm³/mol. The second kappa shape index (κ2) is 5.53. The van der Waals surface area contributed by atoms with Crippen molar-refractivity contribution in [2.45, 2.75) is 30.1 Å². The molecule has 1 fully saturated rings. The van der Waals surface area contributed by atoms with Crippen LogP contribution in [0, 0.1) is 6.92 Å². The summed E-state index contributed by atoms with van der Waals surface area (Å²) in [4.78, 5) is 14.9. The summed E-state index contributed by atoms with van der Waals surface area (Å²) in [6.45, 7) is 3.83. The molecule has 106 valence electrons. The van der Waals surface area contributed by atoms with E-state index in [4.69, 9.17) is 11.6 Å². The van der Waals surface area contributed by atoms with Crippen molar-refractivity contribution in [3.63, 3.8) is 0 Å². The van der Waals surface area contributed by atoms with E-state index in [9.17, 15) is 0 Å². The minimum absolute atomic E-state index is 0.211. The monoisotopic (exact) mass is 311 g/mol. The third kappa shape index (κ3) is 2.71. The van der Waals surface area contributed by atoms with Gasteiger partial charge in [-0.1, -0.05) is 0 Å². The van der Waals surface area contributed by atoms with Gasteiger partial charge < -0.3 is 9.47 Å². The summed E-state index contributed by atoms with van der Waals surface area (Å²) >= 11 is 7.33. The highest BCUT2D eigenvalue weighted by Gasteiger charge is 2.18. The number of hydrogen-bond acceptors (Lipinski definition) is 7. The van der Waals surface area contributed by atoms with Gasteiger partial charge in [-0.15, -0.1) is 10.2 Å². The smallest absolute Gasteiger partial charge is 0.230 e. The Morgan fingerprint density at radius 2 is 1.85 bits per heavy atom. The summed E-state index contributed by atoms with van der Waals surface area (Å²) in [6, 6.07) is 0. The van der Waals surface area contributed by atoms with E-state index < -0.39 is 0 Å². The highest BCUT2D eigenvalue weighted by atomic mass is 35.5. The molecule has 0 spiro atoms. The summed E-state index contributed by atoms with van der Waals surface area (Å²) in [5.41, 5.74) is 0. The van der Waals surface area contributed by atoms with E-state index in [1.165, 1.54) is 11.8 Å². The van der Waals surface area contributed by atoms with Crippen LogP contribution in [0.25, 0.3) is 0 Å². The first-order valence-electron chi connectivity index (χ1n) is 6.34. The van der Waals surface area contributed by atoms with Gasteiger partial charge in [-0.25, -0.2) is 0 Å². The number of halogens is 1. The molecule has 0 atom stereocenters. The predicted octanol–water partition coefficient (Wildman–Crippen LogP) is 1.71. The van der Waals surface area contributed by atoms with E-state index in [1.807, 2.05) is 18.5 Å². The zero-order valence-corrected chi connectivity index (χ0v) is 12.8. The quantitative estimate of drug-likeness (QED) is 0.854. The average molecular weight is 312 g/mol. The van der Waals surface area contributed by atoms with Gasteiger partial charge >= 0.3 is 0 Å². The van der Waals surface area contributed by atoms with Gasteiger partial charge in [-0.05, 0) is 43.1 Å². The zero-order valence-electron chi connectivity index (χ0n) is 11.2. The van der Waals surface area contributed by atoms with E-state index in [1.54, 1.807) is 0 Å². The second-order valence-electron chi connectivity index (χ2n) is 4.57. The van der Waals surface area contributed by atoms with Crippen LogP contribution in [0.1, 0.15) is 18.7 Å². The number of nitrogens with zero attached hydrogens (tertiary/aromatic N) is 7. The van der Waals surface area contributed by atoms with Gasteiger partial charge in [0.25, 0.3) is 0 Å². The molecule has 7 nitrogen and oxygen atoms in total. The molecule has 1 aliphatic heterocycles. The average Bonchev–Trinajstić information content (AvgIpc) is 3.04. The summed E-state index contributed by atoms with van der Waals surface area (Å²) in [7, 11) is 1.90. The summed E-state index contributed by atoms with van der Waals surface area (Å²) in [5, 5.41) is 9.59. The Balaban J connectivity index is 1.87. The highest BCUT2D eigenvalue weighted by Crippen LogP contribution is 2.26. The SMILES string of the molecule is Cc1nnc(Sc2nc(Cl)nc(N3CCCC3)n2)n1C. The molecule has 0 amide bonds. The van der Waals surface area contributed by atoms with Crippen LogP contribution in [0.3, 0.4) is 0 Å². The van der Waals surface area contributed by atoms with Crippen molar-refractivity contribution in [3.05, 3.63) is 11.1 Å². The molecule has 0 saturated carbocycles. The van der Waals surface area contributed by atoms with Crippen molar-refractivity contribution >= 4 is 29.3 Å². The molecule has 2 aromatic heterocycles. The van der Waals surface area contributed by atoms with E-state index in [2.05, 4.69) is 30.0 Å². The van der Waals surface area contributed by atoms with Crippen molar-refractivity contribution in [2.75, 3.05) is 18.0 Å². The van der Waals surface area contributed by atoms with Crippen LogP contribution in [0.2, 0.25) is 5.28 Å². The molecule has 9 heteroatoms. The number of hydrogen-bond donors (Lipinski definition) is 0. The van der Waals surface area contributed by atoms with Gasteiger partial charge in [0.2, 0.25) is 16.4 Å². The lowest BCUT2D eigenvalue weighted by molar-refractivity contribution is 0.759. The molecule has 0 N–H and O–H groups in total. The molecule has 3 heterocycles. The van der Waals surface area contributed by atoms with Gasteiger partial charge in [-0.3, -0.25) is 0 Å². The van der Waals surface area contributed by atoms with Crippen molar-refractivity contribution in [1.82, 2.24) is 29.7 Å². The molecule has 2 aromatic rings. The lowest BCUT2D eigenvalue weighted by Gasteiger charge is -2.15. The fourth-order valence-electron chi connectivity index (χ4n) is 1.98. The Labute approximate surface area is 125 Å². The molecule has 0 radical (unpaired) electrons. The minimum atomic E-state index is 0.211. The van der Waals surface area contributed by atoms with Gasteiger partial charge in [0.15, 0.2) is 5.16 Å². The molecular weight excluding hydrogens is 298 g/mol. The Morgan fingerprint density at radius 3 is 2.50 bits per heavy atom. The maximum Gasteiger partial charge on any atom is 0.230 e. The van der Waals surface area contributed by atoms with Crippen molar-refractivity contribution in [2.24, 2.45) is 7.05 Å². The molecular formula is C11H14ClN7S. The third-order valence-corrected chi connectivity index (χ3v) is 4.27. The molecule has 3 rings (SSSR count). The summed E-state index contributed by atoms with van der Waals surface area (Å²) in [6.07, 6.45) is 2.32. The van der Waals surface area contributed by atoms with E-state index >= 15 is 0 Å². The van der Waals surface area contributed by atoms with Gasteiger partial charge in [0.05, 0.1) is 0 Å². The fourth-order valence-corrected chi connectivity index (χ4v) is 2.96. The third-order valence-electron chi connectivity index (χ3n) is 3.20. The largest absolute Gasteiger partial charge is 0.341 e. The maximum atomic E-state index is 5.99.